The Bertz CT molecular complexity index is 206. The summed E-state index contributed by atoms with van der Waals surface area (Å²) in [4.78, 5) is 11.2. The first-order chi connectivity index (χ1) is 6.20. The minimum atomic E-state index is 0.374. The van der Waals surface area contributed by atoms with Gasteiger partial charge in [0, 0.05) is 12.2 Å². The van der Waals surface area contributed by atoms with Crippen molar-refractivity contribution in [2.75, 3.05) is 5.75 Å². The normalized spacial score (nSPS) is 20.5. The van der Waals surface area contributed by atoms with Crippen LogP contribution < -0.4 is 0 Å². The first-order valence-electron chi connectivity index (χ1n) is 5.04. The van der Waals surface area contributed by atoms with Crippen molar-refractivity contribution < 1.29 is 4.79 Å². The SMILES string of the molecule is CC(C)C1=CCCSC(=O)CCC1. The van der Waals surface area contributed by atoms with Crippen molar-refractivity contribution >= 4 is 16.9 Å². The zero-order chi connectivity index (χ0) is 9.68. The molecule has 0 fully saturated rings. The Morgan fingerprint density at radius 3 is 2.85 bits per heavy atom. The van der Waals surface area contributed by atoms with Gasteiger partial charge in [0.15, 0.2) is 5.12 Å². The van der Waals surface area contributed by atoms with Crippen LogP contribution in [0.2, 0.25) is 0 Å². The lowest BCUT2D eigenvalue weighted by Crippen LogP contribution is -1.95. The molecule has 1 aliphatic heterocycles. The number of rotatable bonds is 1. The molecular weight excluding hydrogens is 180 g/mol. The molecule has 0 spiro atoms. The van der Waals surface area contributed by atoms with Crippen LogP contribution in [-0.2, 0) is 4.79 Å². The zero-order valence-electron chi connectivity index (χ0n) is 8.51. The van der Waals surface area contributed by atoms with Gasteiger partial charge in [-0.25, -0.2) is 0 Å². The lowest BCUT2D eigenvalue weighted by molar-refractivity contribution is -0.111. The highest BCUT2D eigenvalue weighted by atomic mass is 32.2. The van der Waals surface area contributed by atoms with Gasteiger partial charge in [-0.3, -0.25) is 4.79 Å². The number of hydrogen-bond donors (Lipinski definition) is 0. The summed E-state index contributed by atoms with van der Waals surface area (Å²) >= 11 is 1.50. The van der Waals surface area contributed by atoms with Crippen molar-refractivity contribution in [1.82, 2.24) is 0 Å². The first kappa shape index (κ1) is 10.8. The monoisotopic (exact) mass is 198 g/mol. The Balaban J connectivity index is 2.51. The summed E-state index contributed by atoms with van der Waals surface area (Å²) in [6, 6.07) is 0. The third kappa shape index (κ3) is 3.99. The van der Waals surface area contributed by atoms with E-state index in [1.54, 1.807) is 0 Å². The highest BCUT2D eigenvalue weighted by Gasteiger charge is 2.08. The van der Waals surface area contributed by atoms with Crippen LogP contribution in [0.15, 0.2) is 11.6 Å². The van der Waals surface area contributed by atoms with Gasteiger partial charge < -0.3 is 0 Å². The second-order valence-corrected chi connectivity index (χ2v) is 4.95. The zero-order valence-corrected chi connectivity index (χ0v) is 9.32. The van der Waals surface area contributed by atoms with E-state index in [1.165, 1.54) is 17.3 Å². The van der Waals surface area contributed by atoms with Crippen molar-refractivity contribution in [3.05, 3.63) is 11.6 Å². The van der Waals surface area contributed by atoms with E-state index in [2.05, 4.69) is 19.9 Å². The van der Waals surface area contributed by atoms with Crippen LogP contribution in [0.4, 0.5) is 0 Å². The van der Waals surface area contributed by atoms with Gasteiger partial charge in [-0.05, 0) is 25.2 Å². The van der Waals surface area contributed by atoms with E-state index in [0.717, 1.165) is 31.4 Å². The molecule has 0 saturated carbocycles. The minimum Gasteiger partial charge on any atom is -0.287 e. The maximum Gasteiger partial charge on any atom is 0.188 e. The van der Waals surface area contributed by atoms with E-state index >= 15 is 0 Å². The average Bonchev–Trinajstić information content (AvgIpc) is 2.16. The topological polar surface area (TPSA) is 17.1 Å². The molecule has 0 N–H and O–H groups in total. The number of carbonyl (C=O) groups excluding carboxylic acids is 1. The van der Waals surface area contributed by atoms with Crippen molar-refractivity contribution in [1.29, 1.82) is 0 Å². The smallest absolute Gasteiger partial charge is 0.188 e. The Hall–Kier alpha value is -0.240. The lowest BCUT2D eigenvalue weighted by Gasteiger charge is -2.09. The highest BCUT2D eigenvalue weighted by molar-refractivity contribution is 8.13. The summed E-state index contributed by atoms with van der Waals surface area (Å²) in [5.41, 5.74) is 1.54. The molecule has 0 amide bonds. The van der Waals surface area contributed by atoms with Crippen LogP contribution in [0, 0.1) is 5.92 Å². The average molecular weight is 198 g/mol. The maximum absolute atomic E-state index is 11.2. The van der Waals surface area contributed by atoms with E-state index in [9.17, 15) is 4.79 Å². The largest absolute Gasteiger partial charge is 0.287 e. The molecule has 74 valence electrons. The molecule has 0 radical (unpaired) electrons. The standard InChI is InChI=1S/C11H18OS/c1-9(2)10-5-3-7-11(12)13-8-4-6-10/h6,9H,3-5,7-8H2,1-2H3. The summed E-state index contributed by atoms with van der Waals surface area (Å²) < 4.78 is 0. The van der Waals surface area contributed by atoms with Crippen LogP contribution in [-0.4, -0.2) is 10.9 Å². The molecule has 1 rings (SSSR count). The Labute approximate surface area is 85.0 Å². The van der Waals surface area contributed by atoms with Crippen LogP contribution >= 0.6 is 11.8 Å². The predicted octanol–water partition coefficient (Wildman–Crippen LogP) is 3.40. The van der Waals surface area contributed by atoms with Crippen LogP contribution in [0.25, 0.3) is 0 Å². The Kier molecular flexibility index (Phi) is 4.57. The van der Waals surface area contributed by atoms with Gasteiger partial charge in [0.1, 0.15) is 0 Å². The van der Waals surface area contributed by atoms with Gasteiger partial charge >= 0.3 is 0 Å². The van der Waals surface area contributed by atoms with Gasteiger partial charge in [-0.1, -0.05) is 37.3 Å². The summed E-state index contributed by atoms with van der Waals surface area (Å²) in [5.74, 6) is 1.62. The quantitative estimate of drug-likeness (QED) is 0.601. The third-order valence-corrected chi connectivity index (χ3v) is 3.34. The molecule has 1 nitrogen and oxygen atoms in total. The fourth-order valence-electron chi connectivity index (χ4n) is 1.55. The molecule has 2 heteroatoms. The van der Waals surface area contributed by atoms with Crippen molar-refractivity contribution in [3.63, 3.8) is 0 Å². The third-order valence-electron chi connectivity index (χ3n) is 2.38. The number of thioether (sulfide) groups is 1. The number of allylic oxidation sites excluding steroid dienone is 2. The van der Waals surface area contributed by atoms with Crippen LogP contribution in [0.1, 0.15) is 39.5 Å². The summed E-state index contributed by atoms with van der Waals surface area (Å²) in [6.07, 6.45) is 6.30. The molecule has 0 atom stereocenters. The lowest BCUT2D eigenvalue weighted by atomic mass is 9.97. The molecule has 0 bridgehead atoms. The molecule has 0 saturated heterocycles. The van der Waals surface area contributed by atoms with E-state index in [1.807, 2.05) is 0 Å². The molecule has 0 aliphatic carbocycles. The van der Waals surface area contributed by atoms with Gasteiger partial charge in [0.2, 0.25) is 0 Å². The predicted molar refractivity (Wildman–Crippen MR) is 58.9 cm³/mol. The number of hydrogen-bond acceptors (Lipinski definition) is 2. The van der Waals surface area contributed by atoms with Gasteiger partial charge in [0.25, 0.3) is 0 Å². The van der Waals surface area contributed by atoms with Crippen molar-refractivity contribution in [2.24, 2.45) is 5.92 Å². The maximum atomic E-state index is 11.2. The minimum absolute atomic E-state index is 0.374. The number of carbonyl (C=O) groups is 1. The van der Waals surface area contributed by atoms with Gasteiger partial charge in [0.05, 0.1) is 0 Å². The van der Waals surface area contributed by atoms with E-state index in [4.69, 9.17) is 0 Å². The molecular formula is C11H18OS. The summed E-state index contributed by atoms with van der Waals surface area (Å²) in [6.45, 7) is 4.47. The van der Waals surface area contributed by atoms with Crippen molar-refractivity contribution in [2.45, 2.75) is 39.5 Å². The molecule has 0 aromatic heterocycles. The van der Waals surface area contributed by atoms with Crippen LogP contribution in [0.5, 0.6) is 0 Å². The second kappa shape index (κ2) is 5.48. The second-order valence-electron chi connectivity index (χ2n) is 3.80. The van der Waals surface area contributed by atoms with Gasteiger partial charge in [-0.2, -0.15) is 0 Å². The fraction of sp³-hybridized carbons (Fsp3) is 0.727. The van der Waals surface area contributed by atoms with E-state index in [-0.39, 0.29) is 0 Å². The highest BCUT2D eigenvalue weighted by Crippen LogP contribution is 2.22. The van der Waals surface area contributed by atoms with Gasteiger partial charge in [-0.15, -0.1) is 0 Å². The molecule has 0 aromatic rings. The Morgan fingerprint density at radius 2 is 2.15 bits per heavy atom. The molecule has 13 heavy (non-hydrogen) atoms. The first-order valence-corrected chi connectivity index (χ1v) is 6.03. The van der Waals surface area contributed by atoms with E-state index < -0.39 is 0 Å². The summed E-state index contributed by atoms with van der Waals surface area (Å²) in [5, 5.41) is 0.374. The van der Waals surface area contributed by atoms with E-state index in [0.29, 0.717) is 11.0 Å². The molecule has 1 heterocycles. The Morgan fingerprint density at radius 1 is 1.38 bits per heavy atom. The molecule has 0 unspecified atom stereocenters. The fourth-order valence-corrected chi connectivity index (χ4v) is 2.30. The molecule has 0 aromatic carbocycles. The summed E-state index contributed by atoms with van der Waals surface area (Å²) in [7, 11) is 0. The van der Waals surface area contributed by atoms with Crippen LogP contribution in [0.3, 0.4) is 0 Å². The van der Waals surface area contributed by atoms with Crippen molar-refractivity contribution in [3.8, 4) is 0 Å². The molecule has 1 aliphatic rings.